The van der Waals surface area contributed by atoms with Crippen molar-refractivity contribution >= 4 is 5.78 Å². The van der Waals surface area contributed by atoms with Crippen molar-refractivity contribution < 1.29 is 4.79 Å². The van der Waals surface area contributed by atoms with E-state index in [0.29, 0.717) is 5.92 Å². The van der Waals surface area contributed by atoms with E-state index in [4.69, 9.17) is 0 Å². The molecule has 1 nitrogen and oxygen atoms in total. The lowest BCUT2D eigenvalue weighted by molar-refractivity contribution is -0.122. The van der Waals surface area contributed by atoms with Crippen LogP contribution in [0.3, 0.4) is 0 Å². The topological polar surface area (TPSA) is 17.1 Å². The third-order valence-electron chi connectivity index (χ3n) is 3.76. The smallest absolute Gasteiger partial charge is 0.165 e. The molecule has 0 spiro atoms. The standard InChI is InChI=1S/C15H24O/c1-7-11(3)14(16)13-12(4)8-10(2)9-15(13,5)6/h7,10,13H,4,8-9H2,1-3,5-6H3/b11-7+/t10-,13+/m1/s1. The largest absolute Gasteiger partial charge is 0.294 e. The van der Waals surface area contributed by atoms with Gasteiger partial charge in [0.15, 0.2) is 5.78 Å². The quantitative estimate of drug-likeness (QED) is 0.504. The van der Waals surface area contributed by atoms with Gasteiger partial charge in [-0.25, -0.2) is 0 Å². The number of allylic oxidation sites excluding steroid dienone is 3. The lowest BCUT2D eigenvalue weighted by atomic mass is 9.61. The Balaban J connectivity index is 3.02. The number of hydrogen-bond donors (Lipinski definition) is 0. The summed E-state index contributed by atoms with van der Waals surface area (Å²) in [5, 5.41) is 0. The van der Waals surface area contributed by atoms with Gasteiger partial charge in [0.2, 0.25) is 0 Å². The Hall–Kier alpha value is -0.850. The van der Waals surface area contributed by atoms with E-state index < -0.39 is 0 Å². The number of carbonyl (C=O) groups excluding carboxylic acids is 1. The molecule has 1 saturated carbocycles. The van der Waals surface area contributed by atoms with Crippen LogP contribution < -0.4 is 0 Å². The van der Waals surface area contributed by atoms with Crippen LogP contribution >= 0.6 is 0 Å². The zero-order chi connectivity index (χ0) is 12.5. The monoisotopic (exact) mass is 220 g/mol. The van der Waals surface area contributed by atoms with Crippen molar-refractivity contribution in [2.75, 3.05) is 0 Å². The van der Waals surface area contributed by atoms with E-state index in [0.717, 1.165) is 24.0 Å². The Morgan fingerprint density at radius 1 is 1.50 bits per heavy atom. The van der Waals surface area contributed by atoms with E-state index in [1.807, 2.05) is 19.9 Å². The normalized spacial score (nSPS) is 30.3. The van der Waals surface area contributed by atoms with Gasteiger partial charge in [0.1, 0.15) is 0 Å². The first kappa shape index (κ1) is 13.2. The van der Waals surface area contributed by atoms with Gasteiger partial charge in [0, 0.05) is 5.92 Å². The number of ketones is 1. The molecule has 16 heavy (non-hydrogen) atoms. The van der Waals surface area contributed by atoms with Gasteiger partial charge in [-0.05, 0) is 43.6 Å². The van der Waals surface area contributed by atoms with E-state index in [1.54, 1.807) is 0 Å². The van der Waals surface area contributed by atoms with Crippen molar-refractivity contribution in [1.82, 2.24) is 0 Å². The second-order valence-corrected chi connectivity index (χ2v) is 5.93. The van der Waals surface area contributed by atoms with E-state index in [1.165, 1.54) is 0 Å². The van der Waals surface area contributed by atoms with Gasteiger partial charge in [-0.15, -0.1) is 0 Å². The van der Waals surface area contributed by atoms with Crippen molar-refractivity contribution in [2.45, 2.75) is 47.5 Å². The van der Waals surface area contributed by atoms with Crippen molar-refractivity contribution in [3.63, 3.8) is 0 Å². The van der Waals surface area contributed by atoms with Crippen LogP contribution in [-0.4, -0.2) is 5.78 Å². The summed E-state index contributed by atoms with van der Waals surface area (Å²) in [6, 6.07) is 0. The summed E-state index contributed by atoms with van der Waals surface area (Å²) in [4.78, 5) is 12.3. The Morgan fingerprint density at radius 2 is 2.06 bits per heavy atom. The average molecular weight is 220 g/mol. The minimum absolute atomic E-state index is 0.0138. The molecule has 1 fully saturated rings. The first-order valence-corrected chi connectivity index (χ1v) is 6.14. The summed E-state index contributed by atoms with van der Waals surface area (Å²) in [5.74, 6) is 0.932. The van der Waals surface area contributed by atoms with Gasteiger partial charge in [0.25, 0.3) is 0 Å². The van der Waals surface area contributed by atoms with E-state index in [9.17, 15) is 4.79 Å². The van der Waals surface area contributed by atoms with E-state index in [-0.39, 0.29) is 17.1 Å². The summed E-state index contributed by atoms with van der Waals surface area (Å²) in [6.45, 7) is 14.6. The van der Waals surface area contributed by atoms with Crippen LogP contribution in [0.1, 0.15) is 47.5 Å². The highest BCUT2D eigenvalue weighted by Gasteiger charge is 2.41. The van der Waals surface area contributed by atoms with Crippen LogP contribution in [0.25, 0.3) is 0 Å². The van der Waals surface area contributed by atoms with Gasteiger partial charge in [0.05, 0.1) is 0 Å². The SMILES string of the molecule is C=C1C[C@@H](C)CC(C)(C)[C@@H]1C(=O)/C(C)=C/C. The third-order valence-corrected chi connectivity index (χ3v) is 3.76. The second kappa shape index (κ2) is 4.57. The highest BCUT2D eigenvalue weighted by Crippen LogP contribution is 2.46. The molecule has 0 aromatic carbocycles. The fraction of sp³-hybridized carbons (Fsp3) is 0.667. The lowest BCUT2D eigenvalue weighted by Gasteiger charge is -2.42. The minimum atomic E-state index is 0.0138. The lowest BCUT2D eigenvalue weighted by Crippen LogP contribution is -2.38. The summed E-state index contributed by atoms with van der Waals surface area (Å²) in [6.07, 6.45) is 4.01. The molecule has 2 atom stereocenters. The summed E-state index contributed by atoms with van der Waals surface area (Å²) in [5.41, 5.74) is 2.04. The van der Waals surface area contributed by atoms with Crippen LogP contribution in [0, 0.1) is 17.3 Å². The Bertz CT molecular complexity index is 333. The molecule has 0 aromatic rings. The third kappa shape index (κ3) is 2.45. The zero-order valence-corrected chi connectivity index (χ0v) is 11.3. The molecule has 0 aromatic heterocycles. The van der Waals surface area contributed by atoms with Crippen LogP contribution in [0.15, 0.2) is 23.8 Å². The average Bonchev–Trinajstić information content (AvgIpc) is 2.13. The summed E-state index contributed by atoms with van der Waals surface area (Å²) < 4.78 is 0. The van der Waals surface area contributed by atoms with Crippen LogP contribution in [0.2, 0.25) is 0 Å². The Morgan fingerprint density at radius 3 is 2.50 bits per heavy atom. The highest BCUT2D eigenvalue weighted by molar-refractivity contribution is 5.98. The maximum absolute atomic E-state index is 12.3. The number of rotatable bonds is 2. The molecule has 1 aliphatic rings. The molecule has 0 heterocycles. The molecule has 0 bridgehead atoms. The summed E-state index contributed by atoms with van der Waals surface area (Å²) >= 11 is 0. The first-order chi connectivity index (χ1) is 7.29. The van der Waals surface area contributed by atoms with Gasteiger partial charge in [-0.3, -0.25) is 4.79 Å². The van der Waals surface area contributed by atoms with E-state index >= 15 is 0 Å². The van der Waals surface area contributed by atoms with Crippen molar-refractivity contribution in [1.29, 1.82) is 0 Å². The molecule has 0 amide bonds. The van der Waals surface area contributed by atoms with Gasteiger partial charge in [-0.2, -0.15) is 0 Å². The van der Waals surface area contributed by atoms with Crippen LogP contribution in [-0.2, 0) is 4.79 Å². The first-order valence-electron chi connectivity index (χ1n) is 6.14. The molecule has 1 aliphatic carbocycles. The molecular weight excluding hydrogens is 196 g/mol. The van der Waals surface area contributed by atoms with E-state index in [2.05, 4.69) is 27.4 Å². The van der Waals surface area contributed by atoms with Crippen LogP contribution in [0.5, 0.6) is 0 Å². The van der Waals surface area contributed by atoms with Gasteiger partial charge < -0.3 is 0 Å². The Labute approximate surface area is 99.6 Å². The number of Topliss-reactive ketones (excluding diaryl/α,β-unsaturated/α-hetero) is 1. The number of hydrogen-bond acceptors (Lipinski definition) is 1. The molecule has 0 radical (unpaired) electrons. The van der Waals surface area contributed by atoms with Crippen LogP contribution in [0.4, 0.5) is 0 Å². The predicted molar refractivity (Wildman–Crippen MR) is 69.2 cm³/mol. The maximum atomic E-state index is 12.3. The fourth-order valence-electron chi connectivity index (χ4n) is 3.12. The maximum Gasteiger partial charge on any atom is 0.165 e. The van der Waals surface area contributed by atoms with Gasteiger partial charge >= 0.3 is 0 Å². The fourth-order valence-corrected chi connectivity index (χ4v) is 3.12. The molecule has 90 valence electrons. The zero-order valence-electron chi connectivity index (χ0n) is 11.3. The predicted octanol–water partition coefficient (Wildman–Crippen LogP) is 4.15. The second-order valence-electron chi connectivity index (χ2n) is 5.93. The molecule has 1 rings (SSSR count). The Kier molecular flexibility index (Phi) is 3.77. The van der Waals surface area contributed by atoms with Crippen molar-refractivity contribution in [3.05, 3.63) is 23.8 Å². The molecule has 0 N–H and O–H groups in total. The molecule has 1 heteroatoms. The van der Waals surface area contributed by atoms with Crippen molar-refractivity contribution in [2.24, 2.45) is 17.3 Å². The van der Waals surface area contributed by atoms with Gasteiger partial charge in [-0.1, -0.05) is 39.0 Å². The molecule has 0 aliphatic heterocycles. The highest BCUT2D eigenvalue weighted by atomic mass is 16.1. The number of carbonyl (C=O) groups is 1. The van der Waals surface area contributed by atoms with Crippen molar-refractivity contribution in [3.8, 4) is 0 Å². The molecule has 0 saturated heterocycles. The molecular formula is C15H24O. The molecule has 0 unspecified atom stereocenters. The minimum Gasteiger partial charge on any atom is -0.294 e. The summed E-state index contributed by atoms with van der Waals surface area (Å²) in [7, 11) is 0.